The Morgan fingerprint density at radius 1 is 1.14 bits per heavy atom. The number of hydrogen-bond donors (Lipinski definition) is 3. The average Bonchev–Trinajstić information content (AvgIpc) is 2.44. The number of benzene rings is 1. The summed E-state index contributed by atoms with van der Waals surface area (Å²) in [6.45, 7) is 1.18. The second kappa shape index (κ2) is 8.18. The summed E-state index contributed by atoms with van der Waals surface area (Å²) in [6, 6.07) is 8.97. The molecular weight excluding hydrogens is 294 g/mol. The van der Waals surface area contributed by atoms with Gasteiger partial charge < -0.3 is 0 Å². The third kappa shape index (κ3) is 7.85. The van der Waals surface area contributed by atoms with Gasteiger partial charge in [-0.3, -0.25) is 20.4 Å². The summed E-state index contributed by atoms with van der Waals surface area (Å²) in [5.74, 6) is -0.894. The standard InChI is InChI=1S/C13H17N3O4S/c1-11(17)15-16-13(18)7-9-14-21(19,20)10-8-12-5-3-2-4-6-12/h2-6,8,10,14H,7,9H2,1H3,(H,15,17)(H,16,18)/b10-8+. The van der Waals surface area contributed by atoms with E-state index in [0.29, 0.717) is 0 Å². The van der Waals surface area contributed by atoms with Crippen LogP contribution in [0.4, 0.5) is 0 Å². The zero-order chi connectivity index (χ0) is 15.7. The quantitative estimate of drug-likeness (QED) is 0.650. The van der Waals surface area contributed by atoms with E-state index in [4.69, 9.17) is 0 Å². The molecule has 3 N–H and O–H groups in total. The fourth-order valence-electron chi connectivity index (χ4n) is 1.31. The third-order valence-electron chi connectivity index (χ3n) is 2.27. The van der Waals surface area contributed by atoms with Crippen molar-refractivity contribution in [3.05, 3.63) is 41.3 Å². The lowest BCUT2D eigenvalue weighted by molar-refractivity contribution is -0.127. The highest BCUT2D eigenvalue weighted by Gasteiger charge is 2.07. The van der Waals surface area contributed by atoms with E-state index in [-0.39, 0.29) is 13.0 Å². The van der Waals surface area contributed by atoms with Crippen molar-refractivity contribution < 1.29 is 18.0 Å². The van der Waals surface area contributed by atoms with E-state index < -0.39 is 21.8 Å². The Kier molecular flexibility index (Phi) is 6.57. The van der Waals surface area contributed by atoms with Crippen molar-refractivity contribution >= 4 is 27.9 Å². The molecule has 7 nitrogen and oxygen atoms in total. The second-order valence-corrected chi connectivity index (χ2v) is 5.78. The number of amides is 2. The number of carbonyl (C=O) groups is 2. The molecule has 0 saturated heterocycles. The van der Waals surface area contributed by atoms with Gasteiger partial charge in [0.05, 0.1) is 0 Å². The minimum absolute atomic E-state index is 0.0626. The molecule has 0 radical (unpaired) electrons. The van der Waals surface area contributed by atoms with Gasteiger partial charge >= 0.3 is 0 Å². The first-order chi connectivity index (χ1) is 9.89. The topological polar surface area (TPSA) is 104 Å². The predicted molar refractivity (Wildman–Crippen MR) is 79.0 cm³/mol. The van der Waals surface area contributed by atoms with E-state index in [9.17, 15) is 18.0 Å². The van der Waals surface area contributed by atoms with Crippen molar-refractivity contribution in [3.8, 4) is 0 Å². The summed E-state index contributed by atoms with van der Waals surface area (Å²) in [4.78, 5) is 21.8. The van der Waals surface area contributed by atoms with Crippen molar-refractivity contribution in [2.75, 3.05) is 6.54 Å². The van der Waals surface area contributed by atoms with Crippen LogP contribution in [-0.4, -0.2) is 26.8 Å². The number of nitrogens with one attached hydrogen (secondary N) is 3. The number of carbonyl (C=O) groups excluding carboxylic acids is 2. The van der Waals surface area contributed by atoms with Crippen LogP contribution in [0.15, 0.2) is 35.7 Å². The highest BCUT2D eigenvalue weighted by atomic mass is 32.2. The molecule has 114 valence electrons. The number of hydrogen-bond acceptors (Lipinski definition) is 4. The van der Waals surface area contributed by atoms with E-state index in [0.717, 1.165) is 11.0 Å². The molecule has 1 aromatic rings. The number of rotatable bonds is 6. The number of sulfonamides is 1. The van der Waals surface area contributed by atoms with Crippen LogP contribution >= 0.6 is 0 Å². The van der Waals surface area contributed by atoms with E-state index in [1.54, 1.807) is 24.3 Å². The maximum atomic E-state index is 11.7. The van der Waals surface area contributed by atoms with Crippen LogP contribution in [0, 0.1) is 0 Å². The summed E-state index contributed by atoms with van der Waals surface area (Å²) in [7, 11) is -3.60. The molecule has 1 aromatic carbocycles. The van der Waals surface area contributed by atoms with Crippen molar-refractivity contribution in [1.82, 2.24) is 15.6 Å². The lowest BCUT2D eigenvalue weighted by Gasteiger charge is -2.05. The summed E-state index contributed by atoms with van der Waals surface area (Å²) in [5, 5.41) is 1.04. The van der Waals surface area contributed by atoms with Gasteiger partial charge in [0.25, 0.3) is 0 Å². The van der Waals surface area contributed by atoms with Gasteiger partial charge in [-0.2, -0.15) is 0 Å². The van der Waals surface area contributed by atoms with Gasteiger partial charge in [0.15, 0.2) is 0 Å². The van der Waals surface area contributed by atoms with Crippen LogP contribution in [0.2, 0.25) is 0 Å². The van der Waals surface area contributed by atoms with E-state index in [1.807, 2.05) is 6.07 Å². The van der Waals surface area contributed by atoms with Gasteiger partial charge in [-0.1, -0.05) is 30.3 Å². The zero-order valence-electron chi connectivity index (χ0n) is 11.5. The Labute approximate surface area is 123 Å². The zero-order valence-corrected chi connectivity index (χ0v) is 12.3. The Morgan fingerprint density at radius 3 is 2.43 bits per heavy atom. The maximum Gasteiger partial charge on any atom is 0.239 e. The van der Waals surface area contributed by atoms with Crippen LogP contribution in [0.3, 0.4) is 0 Å². The monoisotopic (exact) mass is 311 g/mol. The molecule has 1 rings (SSSR count). The lowest BCUT2D eigenvalue weighted by Crippen LogP contribution is -2.41. The molecule has 2 amide bonds. The Balaban J connectivity index is 2.38. The summed E-state index contributed by atoms with van der Waals surface area (Å²) < 4.78 is 25.6. The third-order valence-corrected chi connectivity index (χ3v) is 3.37. The molecule has 0 aromatic heterocycles. The molecular formula is C13H17N3O4S. The van der Waals surface area contributed by atoms with Gasteiger partial charge in [-0.25, -0.2) is 13.1 Å². The molecule has 0 heterocycles. The van der Waals surface area contributed by atoms with Gasteiger partial charge in [-0.05, 0) is 11.6 Å². The minimum Gasteiger partial charge on any atom is -0.274 e. The van der Waals surface area contributed by atoms with Crippen molar-refractivity contribution in [2.45, 2.75) is 13.3 Å². The minimum atomic E-state index is -3.60. The van der Waals surface area contributed by atoms with Crippen LogP contribution in [0.5, 0.6) is 0 Å². The first-order valence-electron chi connectivity index (χ1n) is 6.17. The normalized spacial score (nSPS) is 11.3. The van der Waals surface area contributed by atoms with Crippen molar-refractivity contribution in [1.29, 1.82) is 0 Å². The molecule has 0 atom stereocenters. The van der Waals surface area contributed by atoms with Crippen LogP contribution in [0.1, 0.15) is 18.9 Å². The highest BCUT2D eigenvalue weighted by molar-refractivity contribution is 7.92. The van der Waals surface area contributed by atoms with Crippen LogP contribution in [-0.2, 0) is 19.6 Å². The molecule has 0 aliphatic heterocycles. The van der Waals surface area contributed by atoms with E-state index in [2.05, 4.69) is 15.6 Å². The number of hydrazine groups is 1. The highest BCUT2D eigenvalue weighted by Crippen LogP contribution is 2.02. The fraction of sp³-hybridized carbons (Fsp3) is 0.231. The van der Waals surface area contributed by atoms with Gasteiger partial charge in [0, 0.05) is 25.3 Å². The molecule has 0 saturated carbocycles. The smallest absolute Gasteiger partial charge is 0.239 e. The van der Waals surface area contributed by atoms with Crippen molar-refractivity contribution in [3.63, 3.8) is 0 Å². The van der Waals surface area contributed by atoms with Crippen LogP contribution in [0.25, 0.3) is 6.08 Å². The van der Waals surface area contributed by atoms with E-state index in [1.165, 1.54) is 13.0 Å². The average molecular weight is 311 g/mol. The largest absolute Gasteiger partial charge is 0.274 e. The van der Waals surface area contributed by atoms with Crippen LogP contribution < -0.4 is 15.6 Å². The lowest BCUT2D eigenvalue weighted by atomic mass is 10.2. The summed E-state index contributed by atoms with van der Waals surface area (Å²) in [6.07, 6.45) is 1.37. The first kappa shape index (κ1) is 16.9. The van der Waals surface area contributed by atoms with Gasteiger partial charge in [-0.15, -0.1) is 0 Å². The van der Waals surface area contributed by atoms with Crippen molar-refractivity contribution in [2.24, 2.45) is 0 Å². The summed E-state index contributed by atoms with van der Waals surface area (Å²) >= 11 is 0. The maximum absolute atomic E-state index is 11.7. The molecule has 0 aliphatic carbocycles. The second-order valence-electron chi connectivity index (χ2n) is 4.13. The SMILES string of the molecule is CC(=O)NNC(=O)CCNS(=O)(=O)/C=C/c1ccccc1. The molecule has 0 fully saturated rings. The van der Waals surface area contributed by atoms with Gasteiger partial charge in [0.1, 0.15) is 0 Å². The first-order valence-corrected chi connectivity index (χ1v) is 7.72. The summed E-state index contributed by atoms with van der Waals surface area (Å²) in [5.41, 5.74) is 5.00. The Bertz CT molecular complexity index is 612. The fourth-order valence-corrected chi connectivity index (χ4v) is 2.13. The Hall–Kier alpha value is -2.19. The molecule has 0 unspecified atom stereocenters. The molecule has 21 heavy (non-hydrogen) atoms. The molecule has 0 bridgehead atoms. The molecule has 8 heteroatoms. The van der Waals surface area contributed by atoms with Gasteiger partial charge in [0.2, 0.25) is 21.8 Å². The molecule has 0 aliphatic rings. The molecule has 0 spiro atoms. The Morgan fingerprint density at radius 2 is 1.81 bits per heavy atom. The predicted octanol–water partition coefficient (Wildman–Crippen LogP) is 0.134. The van der Waals surface area contributed by atoms with E-state index >= 15 is 0 Å².